The first-order valence-electron chi connectivity index (χ1n) is 12.6. The minimum Gasteiger partial charge on any atom is -0.465 e. The molecule has 0 aromatic carbocycles. The van der Waals surface area contributed by atoms with E-state index >= 15 is 0 Å². The number of carbonyl (C=O) groups is 4. The lowest BCUT2D eigenvalue weighted by atomic mass is 9.78. The van der Waals surface area contributed by atoms with Crippen molar-refractivity contribution in [1.29, 1.82) is 0 Å². The lowest BCUT2D eigenvalue weighted by molar-refractivity contribution is -0.210. The molecular formula is C26H46O9. The van der Waals surface area contributed by atoms with Gasteiger partial charge < -0.3 is 23.7 Å². The number of carbonyl (C=O) groups excluding carboxylic acids is 4. The van der Waals surface area contributed by atoms with Gasteiger partial charge in [-0.2, -0.15) is 0 Å². The van der Waals surface area contributed by atoms with Gasteiger partial charge in [0, 0.05) is 0 Å². The van der Waals surface area contributed by atoms with Crippen molar-refractivity contribution in [3.63, 3.8) is 0 Å². The summed E-state index contributed by atoms with van der Waals surface area (Å²) < 4.78 is 27.0. The fourth-order valence-electron chi connectivity index (χ4n) is 3.11. The molecule has 0 bridgehead atoms. The van der Waals surface area contributed by atoms with Crippen LogP contribution in [0.5, 0.6) is 0 Å². The molecule has 0 aliphatic heterocycles. The average molecular weight is 503 g/mol. The Kier molecular flexibility index (Phi) is 13.9. The van der Waals surface area contributed by atoms with Crippen molar-refractivity contribution in [3.8, 4) is 0 Å². The Bertz CT molecular complexity index is 693. The summed E-state index contributed by atoms with van der Waals surface area (Å²) in [6.45, 7) is 17.2. The molecule has 3 atom stereocenters. The zero-order valence-corrected chi connectivity index (χ0v) is 23.2. The Labute approximate surface area is 210 Å². The third kappa shape index (κ3) is 10.9. The van der Waals surface area contributed by atoms with Crippen molar-refractivity contribution in [2.24, 2.45) is 17.8 Å². The quantitative estimate of drug-likeness (QED) is 0.136. The summed E-state index contributed by atoms with van der Waals surface area (Å²) in [7, 11) is 0. The van der Waals surface area contributed by atoms with Crippen molar-refractivity contribution in [2.75, 3.05) is 13.2 Å². The maximum absolute atomic E-state index is 13.6. The summed E-state index contributed by atoms with van der Waals surface area (Å²) in [5.41, 5.74) is -3.81. The molecule has 204 valence electrons. The summed E-state index contributed by atoms with van der Waals surface area (Å²) in [6.07, 6.45) is 0.840. The maximum Gasteiger partial charge on any atom is 0.510 e. The van der Waals surface area contributed by atoms with Gasteiger partial charge >= 0.3 is 29.7 Å². The molecule has 0 saturated heterocycles. The minimum absolute atomic E-state index is 0.000738. The smallest absolute Gasteiger partial charge is 0.465 e. The fourth-order valence-corrected chi connectivity index (χ4v) is 3.11. The van der Waals surface area contributed by atoms with E-state index in [1.54, 1.807) is 48.5 Å². The third-order valence-corrected chi connectivity index (χ3v) is 5.02. The zero-order valence-electron chi connectivity index (χ0n) is 23.2. The molecule has 0 saturated carbocycles. The molecule has 3 unspecified atom stereocenters. The number of hydrogen-bond donors (Lipinski definition) is 0. The van der Waals surface area contributed by atoms with Crippen LogP contribution < -0.4 is 0 Å². The number of hydrogen-bond acceptors (Lipinski definition) is 9. The molecule has 0 fully saturated rings. The SMILES string of the molecule is CCCCCOC(=O)OC(C(=O)OC(C)CC)(C(=O)OC(C)(C)C)C(C(=O)OCC(C)C)C(C)C. The number of esters is 3. The second-order valence-corrected chi connectivity index (χ2v) is 10.5. The Morgan fingerprint density at radius 3 is 1.86 bits per heavy atom. The van der Waals surface area contributed by atoms with Crippen LogP contribution in [0.1, 0.15) is 94.9 Å². The van der Waals surface area contributed by atoms with Crippen LogP contribution >= 0.6 is 0 Å². The lowest BCUT2D eigenvalue weighted by Crippen LogP contribution is -2.62. The summed E-state index contributed by atoms with van der Waals surface area (Å²) in [4.78, 5) is 53.3. The van der Waals surface area contributed by atoms with Gasteiger partial charge in [0.15, 0.2) is 0 Å². The van der Waals surface area contributed by atoms with Gasteiger partial charge in [0.05, 0.1) is 19.3 Å². The molecule has 35 heavy (non-hydrogen) atoms. The molecule has 0 aromatic rings. The molecule has 0 aromatic heterocycles. The average Bonchev–Trinajstić information content (AvgIpc) is 2.72. The van der Waals surface area contributed by atoms with Crippen LogP contribution in [0.2, 0.25) is 0 Å². The molecule has 0 aliphatic carbocycles. The number of unbranched alkanes of at least 4 members (excludes halogenated alkanes) is 2. The van der Waals surface area contributed by atoms with Crippen LogP contribution in [0.25, 0.3) is 0 Å². The normalized spacial score (nSPS) is 15.1. The molecular weight excluding hydrogens is 456 g/mol. The molecule has 0 spiro atoms. The first-order chi connectivity index (χ1) is 16.1. The van der Waals surface area contributed by atoms with Gasteiger partial charge in [-0.1, -0.05) is 54.4 Å². The summed E-state index contributed by atoms with van der Waals surface area (Å²) in [5.74, 6) is -5.50. The van der Waals surface area contributed by atoms with Gasteiger partial charge in [-0.15, -0.1) is 0 Å². The van der Waals surface area contributed by atoms with E-state index in [-0.39, 0.29) is 19.1 Å². The van der Waals surface area contributed by atoms with E-state index in [1.165, 1.54) is 0 Å². The van der Waals surface area contributed by atoms with Gasteiger partial charge in [-0.05, 0) is 52.4 Å². The van der Waals surface area contributed by atoms with Crippen LogP contribution in [0.4, 0.5) is 4.79 Å². The minimum atomic E-state index is -2.75. The number of rotatable bonds is 14. The lowest BCUT2D eigenvalue weighted by Gasteiger charge is -2.38. The second-order valence-electron chi connectivity index (χ2n) is 10.5. The summed E-state index contributed by atoms with van der Waals surface area (Å²) in [6, 6.07) is 0. The molecule has 9 nitrogen and oxygen atoms in total. The van der Waals surface area contributed by atoms with E-state index in [1.807, 2.05) is 20.8 Å². The Balaban J connectivity index is 6.67. The molecule has 0 amide bonds. The highest BCUT2D eigenvalue weighted by Gasteiger charge is 2.64. The van der Waals surface area contributed by atoms with Crippen molar-refractivity contribution in [3.05, 3.63) is 0 Å². The molecule has 9 heteroatoms. The topological polar surface area (TPSA) is 114 Å². The molecule has 0 N–H and O–H groups in total. The zero-order chi connectivity index (χ0) is 27.4. The van der Waals surface area contributed by atoms with Crippen LogP contribution in [-0.2, 0) is 38.1 Å². The largest absolute Gasteiger partial charge is 0.510 e. The van der Waals surface area contributed by atoms with E-state index in [2.05, 4.69) is 0 Å². The Hall–Kier alpha value is -2.32. The van der Waals surface area contributed by atoms with Crippen molar-refractivity contribution >= 4 is 24.1 Å². The van der Waals surface area contributed by atoms with Gasteiger partial charge in [-0.3, -0.25) is 4.79 Å². The highest BCUT2D eigenvalue weighted by molar-refractivity contribution is 6.09. The summed E-state index contributed by atoms with van der Waals surface area (Å²) >= 11 is 0. The molecule has 0 heterocycles. The molecule has 0 rings (SSSR count). The van der Waals surface area contributed by atoms with E-state index in [0.29, 0.717) is 12.8 Å². The van der Waals surface area contributed by atoms with Crippen LogP contribution in [-0.4, -0.2) is 54.6 Å². The second kappa shape index (κ2) is 14.9. The first-order valence-corrected chi connectivity index (χ1v) is 12.6. The van der Waals surface area contributed by atoms with Gasteiger partial charge in [-0.25, -0.2) is 14.4 Å². The standard InChI is InChI=1S/C26H46O9/c1-11-13-14-15-31-24(30)35-26(22(28)33-19(7)12-2,23(29)34-25(8,9)10)20(18(5)6)21(27)32-16-17(3)4/h17-20H,11-16H2,1-10H3. The van der Waals surface area contributed by atoms with E-state index in [4.69, 9.17) is 23.7 Å². The Morgan fingerprint density at radius 1 is 0.800 bits per heavy atom. The van der Waals surface area contributed by atoms with Gasteiger partial charge in [0.2, 0.25) is 0 Å². The van der Waals surface area contributed by atoms with E-state index < -0.39 is 53.2 Å². The van der Waals surface area contributed by atoms with Crippen LogP contribution in [0.15, 0.2) is 0 Å². The fraction of sp³-hybridized carbons (Fsp3) is 0.846. The van der Waals surface area contributed by atoms with Crippen molar-refractivity contribution in [2.45, 2.75) is 112 Å². The highest BCUT2D eigenvalue weighted by atomic mass is 16.8. The first kappa shape index (κ1) is 32.7. The van der Waals surface area contributed by atoms with Gasteiger partial charge in [0.1, 0.15) is 11.5 Å². The van der Waals surface area contributed by atoms with Crippen LogP contribution in [0, 0.1) is 17.8 Å². The number of ether oxygens (including phenoxy) is 5. The highest BCUT2D eigenvalue weighted by Crippen LogP contribution is 2.36. The monoisotopic (exact) mass is 502 g/mol. The third-order valence-electron chi connectivity index (χ3n) is 5.02. The predicted octanol–water partition coefficient (Wildman–Crippen LogP) is 5.22. The molecule has 0 radical (unpaired) electrons. The maximum atomic E-state index is 13.6. The molecule has 0 aliphatic rings. The van der Waals surface area contributed by atoms with E-state index in [9.17, 15) is 19.2 Å². The predicted molar refractivity (Wildman–Crippen MR) is 131 cm³/mol. The van der Waals surface area contributed by atoms with Gasteiger partial charge in [0.25, 0.3) is 0 Å². The van der Waals surface area contributed by atoms with Crippen LogP contribution in [0.3, 0.4) is 0 Å². The summed E-state index contributed by atoms with van der Waals surface area (Å²) in [5, 5.41) is 0. The van der Waals surface area contributed by atoms with Crippen molar-refractivity contribution in [1.82, 2.24) is 0 Å². The van der Waals surface area contributed by atoms with Crippen molar-refractivity contribution < 1.29 is 42.9 Å². The van der Waals surface area contributed by atoms with E-state index in [0.717, 1.165) is 12.8 Å². The Morgan fingerprint density at radius 2 is 1.40 bits per heavy atom.